The lowest BCUT2D eigenvalue weighted by atomic mass is 10.2. The maximum Gasteiger partial charge on any atom is 0.324 e. The summed E-state index contributed by atoms with van der Waals surface area (Å²) >= 11 is 0.836. The summed E-state index contributed by atoms with van der Waals surface area (Å²) in [6, 6.07) is 4.49. The van der Waals surface area contributed by atoms with E-state index < -0.39 is 10.8 Å². The number of aromatic nitrogens is 2. The normalized spacial score (nSPS) is 10.4. The van der Waals surface area contributed by atoms with Crippen LogP contribution >= 0.6 is 11.3 Å². The van der Waals surface area contributed by atoms with Crippen molar-refractivity contribution in [3.05, 3.63) is 38.9 Å². The largest absolute Gasteiger partial charge is 0.324 e. The van der Waals surface area contributed by atoms with E-state index in [1.165, 1.54) is 12.1 Å². The molecule has 0 saturated heterocycles. The SMILES string of the molecule is CCCc1cc(NC(=O)c2ccc([N+](=O)[O-])s2)n[nH]1. The Hall–Kier alpha value is -2.22. The van der Waals surface area contributed by atoms with Crippen molar-refractivity contribution in [2.75, 3.05) is 5.32 Å². The number of aromatic amines is 1. The number of aryl methyl sites for hydroxylation is 1. The van der Waals surface area contributed by atoms with Gasteiger partial charge in [-0.2, -0.15) is 5.10 Å². The molecule has 7 nitrogen and oxygen atoms in total. The number of hydrogen-bond acceptors (Lipinski definition) is 5. The quantitative estimate of drug-likeness (QED) is 0.649. The van der Waals surface area contributed by atoms with Gasteiger partial charge in [-0.3, -0.25) is 20.0 Å². The summed E-state index contributed by atoms with van der Waals surface area (Å²) in [6.45, 7) is 2.05. The first kappa shape index (κ1) is 13.2. The zero-order valence-electron chi connectivity index (χ0n) is 10.2. The Morgan fingerprint density at radius 2 is 2.37 bits per heavy atom. The van der Waals surface area contributed by atoms with Crippen LogP contribution in [0.1, 0.15) is 28.7 Å². The van der Waals surface area contributed by atoms with Crippen LogP contribution in [-0.2, 0) is 6.42 Å². The minimum absolute atomic E-state index is 0.0566. The average Bonchev–Trinajstić information content (AvgIpc) is 2.98. The van der Waals surface area contributed by atoms with E-state index in [2.05, 4.69) is 15.5 Å². The first-order chi connectivity index (χ1) is 9.10. The summed E-state index contributed by atoms with van der Waals surface area (Å²) < 4.78 is 0. The molecule has 0 fully saturated rings. The topological polar surface area (TPSA) is 101 Å². The van der Waals surface area contributed by atoms with Crippen LogP contribution in [0.2, 0.25) is 0 Å². The van der Waals surface area contributed by atoms with E-state index in [1.807, 2.05) is 6.92 Å². The molecule has 2 aromatic rings. The van der Waals surface area contributed by atoms with Crippen LogP contribution < -0.4 is 5.32 Å². The molecule has 0 bridgehead atoms. The van der Waals surface area contributed by atoms with Crippen molar-refractivity contribution < 1.29 is 9.72 Å². The fraction of sp³-hybridized carbons (Fsp3) is 0.273. The van der Waals surface area contributed by atoms with Crippen molar-refractivity contribution >= 4 is 28.1 Å². The van der Waals surface area contributed by atoms with Crippen molar-refractivity contribution in [3.63, 3.8) is 0 Å². The number of amides is 1. The van der Waals surface area contributed by atoms with Gasteiger partial charge in [0.1, 0.15) is 0 Å². The van der Waals surface area contributed by atoms with E-state index in [1.54, 1.807) is 6.07 Å². The van der Waals surface area contributed by atoms with E-state index >= 15 is 0 Å². The molecular formula is C11H12N4O3S. The number of H-pyrrole nitrogens is 1. The van der Waals surface area contributed by atoms with Crippen molar-refractivity contribution in [1.29, 1.82) is 0 Å². The molecule has 2 N–H and O–H groups in total. The van der Waals surface area contributed by atoms with Crippen molar-refractivity contribution in [3.8, 4) is 0 Å². The predicted molar refractivity (Wildman–Crippen MR) is 71.5 cm³/mol. The molecule has 2 heterocycles. The molecule has 0 radical (unpaired) electrons. The Morgan fingerprint density at radius 1 is 1.58 bits per heavy atom. The fourth-order valence-electron chi connectivity index (χ4n) is 1.55. The summed E-state index contributed by atoms with van der Waals surface area (Å²) in [4.78, 5) is 22.1. The maximum absolute atomic E-state index is 11.8. The van der Waals surface area contributed by atoms with Gasteiger partial charge in [-0.25, -0.2) is 0 Å². The summed E-state index contributed by atoms with van der Waals surface area (Å²) in [6.07, 6.45) is 1.83. The lowest BCUT2D eigenvalue weighted by Gasteiger charge is -1.96. The number of anilines is 1. The molecule has 8 heteroatoms. The van der Waals surface area contributed by atoms with E-state index in [-0.39, 0.29) is 9.88 Å². The Labute approximate surface area is 112 Å². The molecule has 0 aliphatic heterocycles. The third-order valence-corrected chi connectivity index (χ3v) is 3.42. The van der Waals surface area contributed by atoms with Gasteiger partial charge in [0.15, 0.2) is 5.82 Å². The highest BCUT2D eigenvalue weighted by Crippen LogP contribution is 2.24. The van der Waals surface area contributed by atoms with Gasteiger partial charge in [0.2, 0.25) is 0 Å². The van der Waals surface area contributed by atoms with Crippen LogP contribution in [0.3, 0.4) is 0 Å². The highest BCUT2D eigenvalue weighted by atomic mass is 32.1. The van der Waals surface area contributed by atoms with Gasteiger partial charge in [-0.1, -0.05) is 24.7 Å². The molecule has 0 saturated carbocycles. The first-order valence-corrected chi connectivity index (χ1v) is 6.51. The second-order valence-corrected chi connectivity index (χ2v) is 4.94. The van der Waals surface area contributed by atoms with Gasteiger partial charge >= 0.3 is 5.00 Å². The molecule has 100 valence electrons. The lowest BCUT2D eigenvalue weighted by Crippen LogP contribution is -2.10. The molecule has 0 unspecified atom stereocenters. The highest BCUT2D eigenvalue weighted by Gasteiger charge is 2.16. The molecule has 0 aliphatic carbocycles. The van der Waals surface area contributed by atoms with Crippen molar-refractivity contribution in [2.24, 2.45) is 0 Å². The van der Waals surface area contributed by atoms with Crippen LogP contribution in [0.5, 0.6) is 0 Å². The molecular weight excluding hydrogens is 268 g/mol. The van der Waals surface area contributed by atoms with Gasteiger partial charge in [-0.15, -0.1) is 0 Å². The summed E-state index contributed by atoms with van der Waals surface area (Å²) in [5.41, 5.74) is 0.940. The van der Waals surface area contributed by atoms with E-state index in [0.29, 0.717) is 5.82 Å². The second-order valence-electron chi connectivity index (χ2n) is 3.88. The number of carbonyl (C=O) groups is 1. The van der Waals surface area contributed by atoms with Gasteiger partial charge in [-0.05, 0) is 12.5 Å². The maximum atomic E-state index is 11.8. The third kappa shape index (κ3) is 3.16. The Morgan fingerprint density at radius 3 is 3.00 bits per heavy atom. The number of nitrogens with zero attached hydrogens (tertiary/aromatic N) is 2. The van der Waals surface area contributed by atoms with Crippen LogP contribution in [0.4, 0.5) is 10.8 Å². The minimum atomic E-state index is -0.519. The highest BCUT2D eigenvalue weighted by molar-refractivity contribution is 7.17. The van der Waals surface area contributed by atoms with Crippen molar-refractivity contribution in [1.82, 2.24) is 10.2 Å². The molecule has 1 amide bonds. The Kier molecular flexibility index (Phi) is 3.91. The van der Waals surface area contributed by atoms with Crippen LogP contribution in [0.25, 0.3) is 0 Å². The number of nitro groups is 1. The van der Waals surface area contributed by atoms with Crippen LogP contribution in [0.15, 0.2) is 18.2 Å². The van der Waals surface area contributed by atoms with E-state index in [4.69, 9.17) is 0 Å². The second kappa shape index (κ2) is 5.61. The predicted octanol–water partition coefficient (Wildman–Crippen LogP) is 2.58. The fourth-order valence-corrected chi connectivity index (χ4v) is 2.26. The summed E-state index contributed by atoms with van der Waals surface area (Å²) in [5.74, 6) is 0.0251. The number of thiophene rings is 1. The zero-order valence-corrected chi connectivity index (χ0v) is 11.0. The van der Waals surface area contributed by atoms with Gasteiger partial charge < -0.3 is 5.32 Å². The Balaban J connectivity index is 2.04. The molecule has 0 aliphatic rings. The first-order valence-electron chi connectivity index (χ1n) is 5.70. The molecule has 0 aromatic carbocycles. The lowest BCUT2D eigenvalue weighted by molar-refractivity contribution is -0.380. The number of nitrogens with one attached hydrogen (secondary N) is 2. The van der Waals surface area contributed by atoms with E-state index in [0.717, 1.165) is 29.9 Å². The van der Waals surface area contributed by atoms with Gasteiger partial charge in [0, 0.05) is 17.8 Å². The summed E-state index contributed by atoms with van der Waals surface area (Å²) in [5, 5.41) is 19.8. The number of hydrogen-bond donors (Lipinski definition) is 2. The van der Waals surface area contributed by atoms with Gasteiger partial charge in [0.05, 0.1) is 9.80 Å². The summed E-state index contributed by atoms with van der Waals surface area (Å²) in [7, 11) is 0. The minimum Gasteiger partial charge on any atom is -0.304 e. The van der Waals surface area contributed by atoms with Crippen LogP contribution in [0, 0.1) is 10.1 Å². The van der Waals surface area contributed by atoms with Crippen molar-refractivity contribution in [2.45, 2.75) is 19.8 Å². The Bertz CT molecular complexity index is 605. The smallest absolute Gasteiger partial charge is 0.304 e. The number of carbonyl (C=O) groups excluding carboxylic acids is 1. The van der Waals surface area contributed by atoms with Crippen LogP contribution in [-0.4, -0.2) is 21.0 Å². The van der Waals surface area contributed by atoms with Gasteiger partial charge in [0.25, 0.3) is 5.91 Å². The molecule has 0 spiro atoms. The van der Waals surface area contributed by atoms with E-state index in [9.17, 15) is 14.9 Å². The molecule has 19 heavy (non-hydrogen) atoms. The monoisotopic (exact) mass is 280 g/mol. The standard InChI is InChI=1S/C11H12N4O3S/c1-2-3-7-6-9(14-13-7)12-11(16)8-4-5-10(19-8)15(17)18/h4-6H,2-3H2,1H3,(H2,12,13,14,16). The molecule has 2 aromatic heterocycles. The zero-order chi connectivity index (χ0) is 13.8. The molecule has 2 rings (SSSR count). The molecule has 0 atom stereocenters. The number of rotatable bonds is 5. The third-order valence-electron chi connectivity index (χ3n) is 2.39. The average molecular weight is 280 g/mol.